The lowest BCUT2D eigenvalue weighted by molar-refractivity contribution is -0.118. The Morgan fingerprint density at radius 1 is 1.12 bits per heavy atom. The van der Waals surface area contributed by atoms with Crippen LogP contribution < -0.4 is 0 Å². The molecule has 1 fully saturated rings. The second-order valence-electron chi connectivity index (χ2n) is 5.40. The van der Waals surface area contributed by atoms with Gasteiger partial charge in [0.1, 0.15) is 0 Å². The second kappa shape index (κ2) is 5.65. The second-order valence-corrected chi connectivity index (χ2v) is 5.40. The minimum absolute atomic E-state index is 0.328. The van der Waals surface area contributed by atoms with Gasteiger partial charge in [-0.1, -0.05) is 44.6 Å². The third-order valence-corrected chi connectivity index (χ3v) is 4.33. The van der Waals surface area contributed by atoms with Crippen molar-refractivity contribution >= 4 is 5.78 Å². The predicted molar refractivity (Wildman–Crippen MR) is 67.3 cm³/mol. The number of hydrogen-bond donors (Lipinski definition) is 0. The van der Waals surface area contributed by atoms with Gasteiger partial charge in [0, 0.05) is 5.92 Å². The van der Waals surface area contributed by atoms with Gasteiger partial charge in [0.2, 0.25) is 0 Å². The van der Waals surface area contributed by atoms with E-state index in [1.165, 1.54) is 56.9 Å². The molecule has 1 nitrogen and oxygen atoms in total. The molecule has 0 N–H and O–H groups in total. The maximum Gasteiger partial charge on any atom is 0.159 e. The summed E-state index contributed by atoms with van der Waals surface area (Å²) in [6, 6.07) is 0. The Balaban J connectivity index is 2.05. The van der Waals surface area contributed by atoms with E-state index in [1.807, 2.05) is 6.08 Å². The number of fused-ring (bicyclic) bond motifs is 1. The van der Waals surface area contributed by atoms with Crippen LogP contribution in [-0.2, 0) is 4.79 Å². The minimum atomic E-state index is 0.328. The van der Waals surface area contributed by atoms with E-state index in [0.717, 1.165) is 6.42 Å². The third-order valence-electron chi connectivity index (χ3n) is 4.33. The molecular formula is C15H24O. The van der Waals surface area contributed by atoms with Crippen molar-refractivity contribution in [3.8, 4) is 0 Å². The number of allylic oxidation sites excluding steroid dienone is 2. The molecule has 0 aliphatic heterocycles. The van der Waals surface area contributed by atoms with Crippen molar-refractivity contribution in [3.05, 3.63) is 11.6 Å². The third kappa shape index (κ3) is 2.56. The summed E-state index contributed by atoms with van der Waals surface area (Å²) in [7, 11) is 0. The lowest BCUT2D eigenvalue weighted by Gasteiger charge is -2.22. The van der Waals surface area contributed by atoms with Crippen molar-refractivity contribution in [1.29, 1.82) is 0 Å². The number of carbonyl (C=O) groups excluding carboxylic acids is 1. The average molecular weight is 220 g/mol. The van der Waals surface area contributed by atoms with Gasteiger partial charge in [-0.15, -0.1) is 0 Å². The molecule has 1 saturated carbocycles. The first-order chi connectivity index (χ1) is 7.83. The van der Waals surface area contributed by atoms with Crippen LogP contribution in [0.25, 0.3) is 0 Å². The molecule has 2 rings (SSSR count). The van der Waals surface area contributed by atoms with Gasteiger partial charge in [0.05, 0.1) is 0 Å². The highest BCUT2D eigenvalue weighted by molar-refractivity contribution is 5.95. The van der Waals surface area contributed by atoms with Gasteiger partial charge < -0.3 is 0 Å². The van der Waals surface area contributed by atoms with Gasteiger partial charge in [-0.3, -0.25) is 4.79 Å². The molecule has 1 heteroatoms. The summed E-state index contributed by atoms with van der Waals surface area (Å²) in [5.41, 5.74) is 1.48. The Morgan fingerprint density at radius 3 is 2.56 bits per heavy atom. The van der Waals surface area contributed by atoms with E-state index in [4.69, 9.17) is 0 Å². The molecule has 0 radical (unpaired) electrons. The van der Waals surface area contributed by atoms with E-state index in [2.05, 4.69) is 6.92 Å². The first-order valence-electron chi connectivity index (χ1n) is 7.07. The SMILES string of the molecule is CCC1C(=O)C=C2CCCCCCCCC21. The van der Waals surface area contributed by atoms with Gasteiger partial charge in [0.15, 0.2) is 5.78 Å². The summed E-state index contributed by atoms with van der Waals surface area (Å²) >= 11 is 0. The monoisotopic (exact) mass is 220 g/mol. The molecular weight excluding hydrogens is 196 g/mol. The zero-order valence-corrected chi connectivity index (χ0v) is 10.5. The fourth-order valence-corrected chi connectivity index (χ4v) is 3.38. The molecule has 0 aromatic heterocycles. The van der Waals surface area contributed by atoms with Crippen LogP contribution >= 0.6 is 0 Å². The highest BCUT2D eigenvalue weighted by Gasteiger charge is 2.33. The summed E-state index contributed by atoms with van der Waals surface area (Å²) in [5, 5.41) is 0. The van der Waals surface area contributed by atoms with E-state index in [1.54, 1.807) is 0 Å². The molecule has 2 atom stereocenters. The summed E-state index contributed by atoms with van der Waals surface area (Å²) in [4.78, 5) is 11.9. The fraction of sp³-hybridized carbons (Fsp3) is 0.800. The van der Waals surface area contributed by atoms with Crippen LogP contribution in [0.5, 0.6) is 0 Å². The van der Waals surface area contributed by atoms with Crippen LogP contribution in [0.2, 0.25) is 0 Å². The number of hydrogen-bond acceptors (Lipinski definition) is 1. The molecule has 0 bridgehead atoms. The number of carbonyl (C=O) groups is 1. The van der Waals surface area contributed by atoms with Crippen LogP contribution in [0.3, 0.4) is 0 Å². The van der Waals surface area contributed by atoms with Crippen molar-refractivity contribution in [2.24, 2.45) is 11.8 Å². The van der Waals surface area contributed by atoms with E-state index < -0.39 is 0 Å². The molecule has 16 heavy (non-hydrogen) atoms. The Kier molecular flexibility index (Phi) is 4.20. The largest absolute Gasteiger partial charge is 0.295 e. The van der Waals surface area contributed by atoms with Crippen LogP contribution in [0.15, 0.2) is 11.6 Å². The Morgan fingerprint density at radius 2 is 1.81 bits per heavy atom. The molecule has 0 saturated heterocycles. The van der Waals surface area contributed by atoms with Gasteiger partial charge in [0.25, 0.3) is 0 Å². The van der Waals surface area contributed by atoms with Gasteiger partial charge in [-0.25, -0.2) is 0 Å². The molecule has 0 aromatic carbocycles. The maximum atomic E-state index is 11.9. The van der Waals surface area contributed by atoms with Crippen LogP contribution in [-0.4, -0.2) is 5.78 Å². The lowest BCUT2D eigenvalue weighted by Crippen LogP contribution is -2.17. The zero-order chi connectivity index (χ0) is 11.4. The van der Waals surface area contributed by atoms with Crippen LogP contribution in [0, 0.1) is 11.8 Å². The van der Waals surface area contributed by atoms with Crippen molar-refractivity contribution in [1.82, 2.24) is 0 Å². The molecule has 0 amide bonds. The normalized spacial score (nSPS) is 32.1. The Bertz CT molecular complexity index is 277. The molecule has 0 spiro atoms. The quantitative estimate of drug-likeness (QED) is 0.645. The highest BCUT2D eigenvalue weighted by atomic mass is 16.1. The molecule has 2 aliphatic carbocycles. The first kappa shape index (κ1) is 11.9. The van der Waals surface area contributed by atoms with Crippen molar-refractivity contribution in [3.63, 3.8) is 0 Å². The van der Waals surface area contributed by atoms with Crippen molar-refractivity contribution in [2.45, 2.75) is 64.7 Å². The first-order valence-corrected chi connectivity index (χ1v) is 7.07. The molecule has 0 heterocycles. The van der Waals surface area contributed by atoms with Gasteiger partial charge in [-0.2, -0.15) is 0 Å². The predicted octanol–water partition coefficient (Wildman–Crippen LogP) is 4.27. The molecule has 2 aliphatic rings. The fourth-order valence-electron chi connectivity index (χ4n) is 3.38. The Hall–Kier alpha value is -0.590. The minimum Gasteiger partial charge on any atom is -0.295 e. The molecule has 2 unspecified atom stereocenters. The van der Waals surface area contributed by atoms with Crippen LogP contribution in [0.4, 0.5) is 0 Å². The summed E-state index contributed by atoms with van der Waals surface area (Å²) in [6.45, 7) is 2.16. The number of rotatable bonds is 1. The number of ketones is 1. The smallest absolute Gasteiger partial charge is 0.159 e. The highest BCUT2D eigenvalue weighted by Crippen LogP contribution is 2.38. The summed E-state index contributed by atoms with van der Waals surface area (Å²) in [5.74, 6) is 1.35. The topological polar surface area (TPSA) is 17.1 Å². The summed E-state index contributed by atoms with van der Waals surface area (Å²) < 4.78 is 0. The van der Waals surface area contributed by atoms with E-state index in [0.29, 0.717) is 17.6 Å². The average Bonchev–Trinajstić information content (AvgIpc) is 2.59. The van der Waals surface area contributed by atoms with Crippen LogP contribution in [0.1, 0.15) is 64.7 Å². The van der Waals surface area contributed by atoms with Crippen molar-refractivity contribution < 1.29 is 4.79 Å². The van der Waals surface area contributed by atoms with Crippen molar-refractivity contribution in [2.75, 3.05) is 0 Å². The summed E-state index contributed by atoms with van der Waals surface area (Å²) in [6.07, 6.45) is 13.6. The standard InChI is InChI=1S/C15H24O/c1-2-13-14-10-8-6-4-3-5-7-9-12(14)11-15(13)16/h11,13-14H,2-10H2,1H3. The van der Waals surface area contributed by atoms with Gasteiger partial charge >= 0.3 is 0 Å². The Labute approximate surface area is 99.3 Å². The molecule has 0 aromatic rings. The van der Waals surface area contributed by atoms with Gasteiger partial charge in [-0.05, 0) is 37.7 Å². The van der Waals surface area contributed by atoms with E-state index >= 15 is 0 Å². The molecule has 90 valence electrons. The zero-order valence-electron chi connectivity index (χ0n) is 10.5. The van der Waals surface area contributed by atoms with E-state index in [9.17, 15) is 4.79 Å². The lowest BCUT2D eigenvalue weighted by atomic mass is 9.82. The maximum absolute atomic E-state index is 11.9. The van der Waals surface area contributed by atoms with E-state index in [-0.39, 0.29) is 0 Å².